The molecule has 0 radical (unpaired) electrons. The summed E-state index contributed by atoms with van der Waals surface area (Å²) in [6.45, 7) is 2.76. The van der Waals surface area contributed by atoms with E-state index in [-0.39, 0.29) is 18.1 Å². The lowest BCUT2D eigenvalue weighted by atomic mass is 9.76. The number of carbonyl (C=O) groups excluding carboxylic acids is 1. The maximum absolute atomic E-state index is 11.9. The van der Waals surface area contributed by atoms with E-state index in [9.17, 15) is 10.0 Å². The largest absolute Gasteiger partial charge is 0.423 e. The molecule has 1 aliphatic carbocycles. The van der Waals surface area contributed by atoms with Crippen molar-refractivity contribution in [3.63, 3.8) is 0 Å². The monoisotopic (exact) mass is 278 g/mol. The van der Waals surface area contributed by atoms with Crippen molar-refractivity contribution in [3.8, 4) is 0 Å². The quantitative estimate of drug-likeness (QED) is 0.835. The van der Waals surface area contributed by atoms with Crippen molar-refractivity contribution in [2.45, 2.75) is 50.6 Å². The first kappa shape index (κ1) is 12.1. The number of carbonyl (C=O) groups is 1. The Bertz CT molecular complexity index is 539. The SMILES string of the molecule is C[C@H]1C[C@@H](c2nnc([C@@H]3CC[C@@H]4CN3C(=O)N4O)o2)C1. The van der Waals surface area contributed by atoms with Crippen LogP contribution in [0.4, 0.5) is 4.79 Å². The van der Waals surface area contributed by atoms with Gasteiger partial charge in [0.15, 0.2) is 0 Å². The van der Waals surface area contributed by atoms with Crippen LogP contribution in [0, 0.1) is 5.92 Å². The molecule has 1 saturated carbocycles. The molecule has 0 aromatic carbocycles. The summed E-state index contributed by atoms with van der Waals surface area (Å²) in [7, 11) is 0. The summed E-state index contributed by atoms with van der Waals surface area (Å²) in [5, 5.41) is 18.8. The third kappa shape index (κ3) is 1.65. The van der Waals surface area contributed by atoms with Gasteiger partial charge in [-0.2, -0.15) is 0 Å². The van der Waals surface area contributed by atoms with Gasteiger partial charge in [-0.3, -0.25) is 5.21 Å². The van der Waals surface area contributed by atoms with Crippen molar-refractivity contribution in [2.24, 2.45) is 5.92 Å². The molecule has 0 spiro atoms. The lowest BCUT2D eigenvalue weighted by Gasteiger charge is -2.30. The van der Waals surface area contributed by atoms with Crippen LogP contribution < -0.4 is 0 Å². The highest BCUT2D eigenvalue weighted by atomic mass is 16.5. The van der Waals surface area contributed by atoms with Crippen molar-refractivity contribution in [1.82, 2.24) is 20.2 Å². The first-order valence-electron chi connectivity index (χ1n) is 7.25. The van der Waals surface area contributed by atoms with E-state index in [0.717, 1.165) is 36.7 Å². The minimum absolute atomic E-state index is 0.0892. The summed E-state index contributed by atoms with van der Waals surface area (Å²) in [6, 6.07) is -0.627. The second-order valence-electron chi connectivity index (χ2n) is 6.28. The zero-order valence-corrected chi connectivity index (χ0v) is 11.4. The highest BCUT2D eigenvalue weighted by Gasteiger charge is 2.46. The molecule has 1 N–H and O–H groups in total. The van der Waals surface area contributed by atoms with Gasteiger partial charge in [0.2, 0.25) is 11.8 Å². The van der Waals surface area contributed by atoms with Gasteiger partial charge >= 0.3 is 6.03 Å². The topological polar surface area (TPSA) is 82.7 Å². The molecule has 20 heavy (non-hydrogen) atoms. The van der Waals surface area contributed by atoms with Crippen LogP contribution in [-0.4, -0.2) is 44.0 Å². The van der Waals surface area contributed by atoms with E-state index in [4.69, 9.17) is 4.42 Å². The fourth-order valence-corrected chi connectivity index (χ4v) is 3.56. The standard InChI is InChI=1S/C13H18N4O3/c1-7-4-8(5-7)11-14-15-12(20-11)10-3-2-9-6-16(10)13(18)17(9)19/h7-10,19H,2-6H2,1H3/t7-,8+,9-,10+/m1/s1. The summed E-state index contributed by atoms with van der Waals surface area (Å²) in [4.78, 5) is 13.6. The number of hydrogen-bond donors (Lipinski definition) is 1. The van der Waals surface area contributed by atoms with E-state index < -0.39 is 0 Å². The average Bonchev–Trinajstić information content (AvgIpc) is 2.97. The van der Waals surface area contributed by atoms with Gasteiger partial charge in [0.1, 0.15) is 6.04 Å². The van der Waals surface area contributed by atoms with Crippen LogP contribution in [0.5, 0.6) is 0 Å². The van der Waals surface area contributed by atoms with Gasteiger partial charge in [-0.05, 0) is 31.6 Å². The molecular weight excluding hydrogens is 260 g/mol. The van der Waals surface area contributed by atoms with Crippen LogP contribution >= 0.6 is 0 Å². The molecule has 3 heterocycles. The molecule has 3 aliphatic rings. The molecule has 108 valence electrons. The Morgan fingerprint density at radius 3 is 2.75 bits per heavy atom. The highest BCUT2D eigenvalue weighted by molar-refractivity contribution is 5.76. The van der Waals surface area contributed by atoms with Gasteiger partial charge in [-0.1, -0.05) is 6.92 Å². The number of urea groups is 1. The summed E-state index contributed by atoms with van der Waals surface area (Å²) in [5.74, 6) is 2.33. The second kappa shape index (κ2) is 4.18. The fraction of sp³-hybridized carbons (Fsp3) is 0.769. The molecule has 4 rings (SSSR count). The lowest BCUT2D eigenvalue weighted by molar-refractivity contribution is -0.0584. The van der Waals surface area contributed by atoms with E-state index >= 15 is 0 Å². The van der Waals surface area contributed by atoms with Crippen LogP contribution in [0.3, 0.4) is 0 Å². The first-order chi connectivity index (χ1) is 9.63. The Morgan fingerprint density at radius 1 is 1.25 bits per heavy atom. The van der Waals surface area contributed by atoms with Crippen LogP contribution in [0.2, 0.25) is 0 Å². The van der Waals surface area contributed by atoms with Crippen molar-refractivity contribution in [2.75, 3.05) is 6.54 Å². The van der Waals surface area contributed by atoms with Crippen LogP contribution in [0.1, 0.15) is 56.3 Å². The molecule has 2 amide bonds. The summed E-state index contributed by atoms with van der Waals surface area (Å²) < 4.78 is 5.79. The van der Waals surface area contributed by atoms with E-state index in [0.29, 0.717) is 24.2 Å². The molecular formula is C13H18N4O3. The number of hydroxylamine groups is 2. The molecule has 7 nitrogen and oxygen atoms in total. The number of piperidine rings is 1. The Kier molecular flexibility index (Phi) is 2.54. The summed E-state index contributed by atoms with van der Waals surface area (Å²) in [6.07, 6.45) is 3.72. The Balaban J connectivity index is 1.54. The third-order valence-electron chi connectivity index (χ3n) is 4.81. The van der Waals surface area contributed by atoms with E-state index in [1.807, 2.05) is 0 Å². The smallest absolute Gasteiger partial charge is 0.344 e. The molecule has 0 unspecified atom stereocenters. The Labute approximate surface area is 116 Å². The zero-order chi connectivity index (χ0) is 13.9. The number of nitrogens with zero attached hydrogens (tertiary/aromatic N) is 4. The number of hydrogen-bond acceptors (Lipinski definition) is 5. The number of aromatic nitrogens is 2. The molecule has 2 aliphatic heterocycles. The third-order valence-corrected chi connectivity index (χ3v) is 4.81. The first-order valence-corrected chi connectivity index (χ1v) is 7.25. The molecule has 3 fully saturated rings. The zero-order valence-electron chi connectivity index (χ0n) is 11.4. The molecule has 1 aromatic rings. The number of rotatable bonds is 2. The average molecular weight is 278 g/mol. The maximum Gasteiger partial charge on any atom is 0.344 e. The van der Waals surface area contributed by atoms with Gasteiger partial charge in [-0.25, -0.2) is 9.86 Å². The molecule has 2 saturated heterocycles. The Hall–Kier alpha value is -1.63. The fourth-order valence-electron chi connectivity index (χ4n) is 3.56. The van der Waals surface area contributed by atoms with Crippen molar-refractivity contribution >= 4 is 6.03 Å². The van der Waals surface area contributed by atoms with Crippen LogP contribution in [0.15, 0.2) is 4.42 Å². The van der Waals surface area contributed by atoms with Gasteiger partial charge in [0.25, 0.3) is 0 Å². The predicted molar refractivity (Wildman–Crippen MR) is 66.9 cm³/mol. The van der Waals surface area contributed by atoms with E-state index in [1.165, 1.54) is 0 Å². The molecule has 7 heteroatoms. The lowest BCUT2D eigenvalue weighted by Crippen LogP contribution is -2.34. The van der Waals surface area contributed by atoms with Crippen molar-refractivity contribution < 1.29 is 14.4 Å². The molecule has 1 aromatic heterocycles. The summed E-state index contributed by atoms with van der Waals surface area (Å²) >= 11 is 0. The van der Waals surface area contributed by atoms with Crippen molar-refractivity contribution in [3.05, 3.63) is 11.8 Å². The van der Waals surface area contributed by atoms with Crippen molar-refractivity contribution in [1.29, 1.82) is 0 Å². The van der Waals surface area contributed by atoms with Gasteiger partial charge in [0, 0.05) is 12.5 Å². The number of fused-ring (bicyclic) bond motifs is 2. The molecule has 2 bridgehead atoms. The van der Waals surface area contributed by atoms with E-state index in [1.54, 1.807) is 4.90 Å². The number of amides is 2. The highest BCUT2D eigenvalue weighted by Crippen LogP contribution is 2.42. The van der Waals surface area contributed by atoms with Gasteiger partial charge in [0.05, 0.1) is 6.04 Å². The normalized spacial score (nSPS) is 36.4. The molecule has 2 atom stereocenters. The van der Waals surface area contributed by atoms with Gasteiger partial charge in [-0.15, -0.1) is 10.2 Å². The minimum Gasteiger partial charge on any atom is -0.423 e. The summed E-state index contributed by atoms with van der Waals surface area (Å²) in [5.41, 5.74) is 0. The van der Waals surface area contributed by atoms with E-state index in [2.05, 4.69) is 17.1 Å². The predicted octanol–water partition coefficient (Wildman–Crippen LogP) is 1.91. The maximum atomic E-state index is 11.9. The minimum atomic E-state index is -0.352. The second-order valence-corrected chi connectivity index (χ2v) is 6.28. The Morgan fingerprint density at radius 2 is 2.00 bits per heavy atom. The van der Waals surface area contributed by atoms with Gasteiger partial charge < -0.3 is 9.32 Å². The van der Waals surface area contributed by atoms with Crippen LogP contribution in [-0.2, 0) is 0 Å². The van der Waals surface area contributed by atoms with Crippen LogP contribution in [0.25, 0.3) is 0 Å².